The van der Waals surface area contributed by atoms with E-state index in [2.05, 4.69) is 26.6 Å². The number of rotatable bonds is 18. The second-order valence-corrected chi connectivity index (χ2v) is 10.2. The van der Waals surface area contributed by atoms with Gasteiger partial charge in [0.05, 0.1) is 17.4 Å². The van der Waals surface area contributed by atoms with Crippen molar-refractivity contribution in [3.63, 3.8) is 0 Å². The number of anilines is 1. The number of carboxylic acid groups (broad SMARTS) is 2. The number of amides is 5. The zero-order valence-electron chi connectivity index (χ0n) is 25.1. The largest absolute Gasteiger partial charge is 0.481 e. The third kappa shape index (κ3) is 13.0. The molecule has 1 aromatic rings. The molecule has 1 aromatic carbocycles. The summed E-state index contributed by atoms with van der Waals surface area (Å²) in [5, 5.41) is 51.0. The predicted octanol–water partition coefficient (Wildman–Crippen LogP) is -0.741. The van der Waals surface area contributed by atoms with Gasteiger partial charge in [0.2, 0.25) is 29.5 Å². The molecule has 18 heteroatoms. The average molecular weight is 639 g/mol. The minimum atomic E-state index is -1.80. The van der Waals surface area contributed by atoms with Crippen molar-refractivity contribution in [3.8, 4) is 0 Å². The summed E-state index contributed by atoms with van der Waals surface area (Å²) in [6.07, 6.45) is -3.11. The number of nitrogens with one attached hydrogen (secondary N) is 5. The zero-order chi connectivity index (χ0) is 34.4. The number of hydrogen-bond acceptors (Lipinski definition) is 10. The third-order valence-electron chi connectivity index (χ3n) is 6.55. The number of carbonyl (C=O) groups excluding carboxylic acids is 5. The van der Waals surface area contributed by atoms with Gasteiger partial charge < -0.3 is 41.9 Å². The molecule has 0 aliphatic rings. The first kappa shape index (κ1) is 37.9. The number of aliphatic hydroxyl groups is 1. The van der Waals surface area contributed by atoms with Crippen LogP contribution in [0, 0.1) is 16.0 Å². The first-order chi connectivity index (χ1) is 21.0. The van der Waals surface area contributed by atoms with Gasteiger partial charge in [0.15, 0.2) is 0 Å². The van der Waals surface area contributed by atoms with Gasteiger partial charge in [0.25, 0.3) is 5.69 Å². The summed E-state index contributed by atoms with van der Waals surface area (Å²) in [7, 11) is 0. The molecule has 6 atom stereocenters. The van der Waals surface area contributed by atoms with Gasteiger partial charge in [-0.15, -0.1) is 0 Å². The number of nitro groups is 1. The molecule has 0 fully saturated rings. The second-order valence-electron chi connectivity index (χ2n) is 10.2. The van der Waals surface area contributed by atoms with Gasteiger partial charge in [-0.05, 0) is 31.4 Å². The summed E-state index contributed by atoms with van der Waals surface area (Å²) in [6.45, 7) is 5.73. The molecule has 18 nitrogen and oxygen atoms in total. The summed E-state index contributed by atoms with van der Waals surface area (Å²) in [6, 6.07) is -1.63. The van der Waals surface area contributed by atoms with Crippen LogP contribution in [0.15, 0.2) is 24.3 Å². The lowest BCUT2D eigenvalue weighted by Gasteiger charge is -2.28. The van der Waals surface area contributed by atoms with Crippen LogP contribution in [0.2, 0.25) is 0 Å². The number of nitrogens with zero attached hydrogens (tertiary/aromatic N) is 1. The van der Waals surface area contributed by atoms with Crippen LogP contribution in [0.25, 0.3) is 0 Å². The van der Waals surface area contributed by atoms with E-state index in [-0.39, 0.29) is 17.3 Å². The monoisotopic (exact) mass is 638 g/mol. The molecule has 0 aliphatic carbocycles. The Hall–Kier alpha value is -5.13. The van der Waals surface area contributed by atoms with Crippen molar-refractivity contribution in [3.05, 3.63) is 34.4 Å². The molecule has 248 valence electrons. The predicted molar refractivity (Wildman–Crippen MR) is 155 cm³/mol. The van der Waals surface area contributed by atoms with Crippen LogP contribution in [0.3, 0.4) is 0 Å². The Labute approximate surface area is 257 Å². The Bertz CT molecular complexity index is 1270. The highest BCUT2D eigenvalue weighted by Crippen LogP contribution is 2.16. The highest BCUT2D eigenvalue weighted by molar-refractivity contribution is 6.00. The van der Waals surface area contributed by atoms with Crippen LogP contribution in [-0.4, -0.2) is 92.0 Å². The first-order valence-electron chi connectivity index (χ1n) is 13.8. The summed E-state index contributed by atoms with van der Waals surface area (Å²) < 4.78 is 0. The van der Waals surface area contributed by atoms with Gasteiger partial charge in [-0.3, -0.25) is 43.7 Å². The van der Waals surface area contributed by atoms with Crippen LogP contribution in [0.4, 0.5) is 11.4 Å². The molecule has 1 rings (SSSR count). The maximum absolute atomic E-state index is 13.2. The van der Waals surface area contributed by atoms with Crippen LogP contribution < -0.4 is 26.6 Å². The normalized spacial score (nSPS) is 14.7. The molecule has 5 amide bonds. The van der Waals surface area contributed by atoms with E-state index in [0.29, 0.717) is 6.42 Å². The number of carboxylic acids is 2. The highest BCUT2D eigenvalue weighted by Gasteiger charge is 2.35. The Morgan fingerprint density at radius 2 is 1.36 bits per heavy atom. The molecule has 2 unspecified atom stereocenters. The van der Waals surface area contributed by atoms with Gasteiger partial charge >= 0.3 is 11.9 Å². The molecule has 0 radical (unpaired) electrons. The lowest BCUT2D eigenvalue weighted by atomic mass is 9.97. The smallest absolute Gasteiger partial charge is 0.305 e. The van der Waals surface area contributed by atoms with Gasteiger partial charge in [-0.25, -0.2) is 0 Å². The lowest BCUT2D eigenvalue weighted by Crippen LogP contribution is -2.61. The van der Waals surface area contributed by atoms with Crippen LogP contribution in [0.5, 0.6) is 0 Å². The summed E-state index contributed by atoms with van der Waals surface area (Å²) in [4.78, 5) is 96.5. The van der Waals surface area contributed by atoms with E-state index in [1.165, 1.54) is 19.1 Å². The number of non-ortho nitro benzene ring substituents is 1. The third-order valence-corrected chi connectivity index (χ3v) is 6.55. The minimum Gasteiger partial charge on any atom is -0.481 e. The molecular weight excluding hydrogens is 600 g/mol. The number of aliphatic hydroxyl groups excluding tert-OH is 1. The minimum absolute atomic E-state index is 0.0441. The first-order valence-corrected chi connectivity index (χ1v) is 13.8. The number of benzene rings is 1. The molecule has 45 heavy (non-hydrogen) atoms. The van der Waals surface area contributed by atoms with E-state index >= 15 is 0 Å². The fourth-order valence-electron chi connectivity index (χ4n) is 3.92. The maximum Gasteiger partial charge on any atom is 0.305 e. The standard InChI is InChI=1S/C27H38N6O12/c1-5-13(2)22(28-15(4)35)26(42)30-18(10-11-20(36)37)24(40)32-23(14(3)34)27(43)31-19(12-21(38)39)25(41)29-16-6-8-17(9-7-16)33(44)45/h6-9,13-14,18-19,22-23,34H,5,10-12H2,1-4H3,(H,28,35)(H,29,41)(H,30,42)(H,31,43)(H,32,40)(H,36,37)(H,38,39)/t13-,14?,18?,19-,22-,23-/m0/s1. The maximum atomic E-state index is 13.2. The van der Waals surface area contributed by atoms with E-state index in [1.54, 1.807) is 13.8 Å². The molecule has 0 aliphatic heterocycles. The van der Waals surface area contributed by atoms with Crippen LogP contribution >= 0.6 is 0 Å². The summed E-state index contributed by atoms with van der Waals surface area (Å²) >= 11 is 0. The fourth-order valence-corrected chi connectivity index (χ4v) is 3.92. The van der Waals surface area contributed by atoms with Crippen molar-refractivity contribution in [1.82, 2.24) is 21.3 Å². The van der Waals surface area contributed by atoms with Gasteiger partial charge in [0.1, 0.15) is 24.2 Å². The van der Waals surface area contributed by atoms with Gasteiger partial charge in [0, 0.05) is 31.2 Å². The Morgan fingerprint density at radius 3 is 1.82 bits per heavy atom. The average Bonchev–Trinajstić information content (AvgIpc) is 2.95. The quantitative estimate of drug-likeness (QED) is 0.0729. The molecule has 0 bridgehead atoms. The van der Waals surface area contributed by atoms with E-state index in [9.17, 15) is 53.9 Å². The van der Waals surface area contributed by atoms with E-state index in [4.69, 9.17) is 5.11 Å². The summed E-state index contributed by atoms with van der Waals surface area (Å²) in [5.74, 6) is -7.81. The Morgan fingerprint density at radius 1 is 0.800 bits per heavy atom. The number of carbonyl (C=O) groups is 7. The SMILES string of the molecule is CC[C@H](C)[C@H](NC(C)=O)C(=O)NC(CCC(=O)O)C(=O)N[C@H](C(=O)N[C@@H](CC(=O)O)C(=O)Nc1ccc([N+](=O)[O-])cc1)C(C)O. The van der Waals surface area contributed by atoms with E-state index in [0.717, 1.165) is 19.1 Å². The van der Waals surface area contributed by atoms with Crippen molar-refractivity contribution in [1.29, 1.82) is 0 Å². The molecule has 0 heterocycles. The second kappa shape index (κ2) is 17.9. The summed E-state index contributed by atoms with van der Waals surface area (Å²) in [5.41, 5.74) is -0.232. The van der Waals surface area contributed by atoms with E-state index < -0.39 is 95.9 Å². The van der Waals surface area contributed by atoms with Crippen molar-refractivity contribution >= 4 is 52.8 Å². The highest BCUT2D eigenvalue weighted by atomic mass is 16.6. The topological polar surface area (TPSA) is 283 Å². The fraction of sp³-hybridized carbons (Fsp3) is 0.519. The van der Waals surface area contributed by atoms with E-state index in [1.807, 2.05) is 0 Å². The van der Waals surface area contributed by atoms with Crippen molar-refractivity contribution in [2.75, 3.05) is 5.32 Å². The van der Waals surface area contributed by atoms with Crippen molar-refractivity contribution in [2.45, 2.75) is 83.6 Å². The molecule has 8 N–H and O–H groups in total. The molecule has 0 spiro atoms. The number of hydrogen-bond donors (Lipinski definition) is 8. The Balaban J connectivity index is 3.17. The van der Waals surface area contributed by atoms with Gasteiger partial charge in [-0.2, -0.15) is 0 Å². The molecule has 0 aromatic heterocycles. The number of nitro benzene ring substituents is 1. The van der Waals surface area contributed by atoms with Crippen LogP contribution in [0.1, 0.15) is 53.4 Å². The zero-order valence-corrected chi connectivity index (χ0v) is 25.1. The van der Waals surface area contributed by atoms with Crippen molar-refractivity contribution in [2.24, 2.45) is 5.92 Å². The molecular formula is C27H38N6O12. The van der Waals surface area contributed by atoms with Crippen molar-refractivity contribution < 1.29 is 53.8 Å². The van der Waals surface area contributed by atoms with Crippen LogP contribution in [-0.2, 0) is 33.6 Å². The lowest BCUT2D eigenvalue weighted by molar-refractivity contribution is -0.384. The van der Waals surface area contributed by atoms with Gasteiger partial charge in [-0.1, -0.05) is 20.3 Å². The Kier molecular flexibility index (Phi) is 15.0. The molecule has 0 saturated heterocycles. The number of aliphatic carboxylic acids is 2. The molecule has 0 saturated carbocycles.